The van der Waals surface area contributed by atoms with Gasteiger partial charge >= 0.3 is 0 Å². The summed E-state index contributed by atoms with van der Waals surface area (Å²) in [6.07, 6.45) is 1.69. The molecule has 1 amide bonds. The van der Waals surface area contributed by atoms with Crippen molar-refractivity contribution in [2.75, 3.05) is 25.9 Å². The number of nitrogens with one attached hydrogen (secondary N) is 1. The number of amides is 1. The lowest BCUT2D eigenvalue weighted by atomic mass is 10.1. The van der Waals surface area contributed by atoms with Gasteiger partial charge in [-0.15, -0.1) is 24.2 Å². The van der Waals surface area contributed by atoms with E-state index in [0.717, 1.165) is 25.3 Å². The van der Waals surface area contributed by atoms with Crippen LogP contribution in [0.5, 0.6) is 0 Å². The van der Waals surface area contributed by atoms with Gasteiger partial charge in [0.05, 0.1) is 0 Å². The summed E-state index contributed by atoms with van der Waals surface area (Å²) >= 11 is 1.77. The molecule has 0 aromatic heterocycles. The second-order valence-electron chi connectivity index (χ2n) is 5.50. The fraction of sp³-hybridized carbons (Fsp3) is 0.562. The summed E-state index contributed by atoms with van der Waals surface area (Å²) in [4.78, 5) is 15.3. The molecule has 1 heterocycles. The molecular weight excluding hydrogens is 304 g/mol. The standard InChI is InChI=1S/C16H24N2OS.ClH/c1-12-4-5-15(10-13(12)2)20-9-7-16(19)18(3)14-6-8-17-11-14;/h4-5,10,14,17H,6-9,11H2,1-3H3;1H. The quantitative estimate of drug-likeness (QED) is 0.843. The maximum atomic E-state index is 12.1. The molecule has 1 unspecified atom stereocenters. The van der Waals surface area contributed by atoms with E-state index in [9.17, 15) is 4.79 Å². The number of halogens is 1. The van der Waals surface area contributed by atoms with Crippen LogP contribution in [0.15, 0.2) is 23.1 Å². The summed E-state index contributed by atoms with van der Waals surface area (Å²) in [7, 11) is 1.93. The predicted octanol–water partition coefficient (Wildman–Crippen LogP) is 3.03. The highest BCUT2D eigenvalue weighted by Crippen LogP contribution is 2.22. The molecule has 1 aliphatic rings. The molecule has 1 aromatic carbocycles. The topological polar surface area (TPSA) is 32.3 Å². The van der Waals surface area contributed by atoms with E-state index >= 15 is 0 Å². The molecule has 1 saturated heterocycles. The van der Waals surface area contributed by atoms with E-state index in [1.165, 1.54) is 16.0 Å². The number of likely N-dealkylation sites (N-methyl/N-ethyl adjacent to an activating group) is 1. The first-order chi connectivity index (χ1) is 9.58. The molecule has 3 nitrogen and oxygen atoms in total. The minimum Gasteiger partial charge on any atom is -0.341 e. The Kier molecular flexibility index (Phi) is 7.57. The first-order valence-corrected chi connectivity index (χ1v) is 8.23. The maximum absolute atomic E-state index is 12.1. The molecule has 1 aromatic rings. The average Bonchev–Trinajstić information content (AvgIpc) is 2.96. The van der Waals surface area contributed by atoms with E-state index in [4.69, 9.17) is 0 Å². The second-order valence-corrected chi connectivity index (χ2v) is 6.66. The number of thioether (sulfide) groups is 1. The van der Waals surface area contributed by atoms with Crippen LogP contribution in [0.25, 0.3) is 0 Å². The van der Waals surface area contributed by atoms with Crippen LogP contribution >= 0.6 is 24.2 Å². The smallest absolute Gasteiger partial charge is 0.223 e. The van der Waals surface area contributed by atoms with E-state index in [1.54, 1.807) is 11.8 Å². The minimum absolute atomic E-state index is 0. The van der Waals surface area contributed by atoms with Crippen molar-refractivity contribution >= 4 is 30.1 Å². The Morgan fingerprint density at radius 3 is 2.76 bits per heavy atom. The Morgan fingerprint density at radius 1 is 1.38 bits per heavy atom. The molecule has 5 heteroatoms. The fourth-order valence-corrected chi connectivity index (χ4v) is 3.35. The van der Waals surface area contributed by atoms with Gasteiger partial charge in [0.2, 0.25) is 5.91 Å². The molecule has 21 heavy (non-hydrogen) atoms. The zero-order chi connectivity index (χ0) is 14.5. The lowest BCUT2D eigenvalue weighted by Crippen LogP contribution is -2.38. The predicted molar refractivity (Wildman–Crippen MR) is 92.5 cm³/mol. The van der Waals surface area contributed by atoms with Crippen LogP contribution in [0.2, 0.25) is 0 Å². The molecule has 1 fully saturated rings. The molecule has 2 rings (SSSR count). The zero-order valence-electron chi connectivity index (χ0n) is 13.0. The monoisotopic (exact) mass is 328 g/mol. The van der Waals surface area contributed by atoms with Crippen molar-refractivity contribution in [1.82, 2.24) is 10.2 Å². The van der Waals surface area contributed by atoms with Crippen LogP contribution in [0.1, 0.15) is 24.0 Å². The number of hydrogen-bond donors (Lipinski definition) is 1. The van der Waals surface area contributed by atoms with Crippen molar-refractivity contribution in [3.63, 3.8) is 0 Å². The van der Waals surface area contributed by atoms with Gasteiger partial charge in [-0.05, 0) is 50.1 Å². The number of carbonyl (C=O) groups excluding carboxylic acids is 1. The summed E-state index contributed by atoms with van der Waals surface area (Å²) in [5.41, 5.74) is 2.63. The normalized spacial score (nSPS) is 17.4. The number of rotatable bonds is 5. The maximum Gasteiger partial charge on any atom is 0.223 e. The van der Waals surface area contributed by atoms with Crippen LogP contribution in [0.3, 0.4) is 0 Å². The zero-order valence-corrected chi connectivity index (χ0v) is 14.6. The molecule has 0 spiro atoms. The molecule has 1 aliphatic heterocycles. The Hall–Kier alpha value is -0.710. The molecule has 0 saturated carbocycles. The molecule has 1 atom stereocenters. The van der Waals surface area contributed by atoms with Crippen LogP contribution in [0.4, 0.5) is 0 Å². The molecule has 0 bridgehead atoms. The number of aryl methyl sites for hydroxylation is 2. The van der Waals surface area contributed by atoms with Gasteiger partial charge in [-0.25, -0.2) is 0 Å². The summed E-state index contributed by atoms with van der Waals surface area (Å²) in [5, 5.41) is 3.30. The van der Waals surface area contributed by atoms with Crippen molar-refractivity contribution in [3.8, 4) is 0 Å². The van der Waals surface area contributed by atoms with E-state index in [-0.39, 0.29) is 18.3 Å². The van der Waals surface area contributed by atoms with Crippen molar-refractivity contribution in [1.29, 1.82) is 0 Å². The number of hydrogen-bond acceptors (Lipinski definition) is 3. The Bertz CT molecular complexity index is 475. The fourth-order valence-electron chi connectivity index (χ4n) is 2.41. The van der Waals surface area contributed by atoms with Crippen LogP contribution in [0, 0.1) is 13.8 Å². The summed E-state index contributed by atoms with van der Waals surface area (Å²) in [6, 6.07) is 6.88. The largest absolute Gasteiger partial charge is 0.341 e. The van der Waals surface area contributed by atoms with Gasteiger partial charge < -0.3 is 10.2 Å². The number of nitrogens with zero attached hydrogens (tertiary/aromatic N) is 1. The van der Waals surface area contributed by atoms with E-state index < -0.39 is 0 Å². The van der Waals surface area contributed by atoms with Crippen LogP contribution < -0.4 is 5.32 Å². The van der Waals surface area contributed by atoms with Crippen molar-refractivity contribution in [3.05, 3.63) is 29.3 Å². The Labute approximate surface area is 138 Å². The molecule has 118 valence electrons. The Morgan fingerprint density at radius 2 is 2.14 bits per heavy atom. The third kappa shape index (κ3) is 5.20. The number of carbonyl (C=O) groups is 1. The molecule has 0 radical (unpaired) electrons. The van der Waals surface area contributed by atoms with Gasteiger partial charge in [-0.1, -0.05) is 6.07 Å². The van der Waals surface area contributed by atoms with Crippen molar-refractivity contribution in [2.45, 2.75) is 37.6 Å². The lowest BCUT2D eigenvalue weighted by molar-refractivity contribution is -0.131. The van der Waals surface area contributed by atoms with Crippen molar-refractivity contribution < 1.29 is 4.79 Å². The van der Waals surface area contributed by atoms with E-state index in [2.05, 4.69) is 37.4 Å². The first kappa shape index (κ1) is 18.3. The Balaban J connectivity index is 0.00000220. The highest BCUT2D eigenvalue weighted by atomic mass is 35.5. The summed E-state index contributed by atoms with van der Waals surface area (Å²) in [6.45, 7) is 6.22. The minimum atomic E-state index is 0. The van der Waals surface area contributed by atoms with Gasteiger partial charge in [0, 0.05) is 36.7 Å². The molecule has 0 aliphatic carbocycles. The summed E-state index contributed by atoms with van der Waals surface area (Å²) < 4.78 is 0. The second kappa shape index (κ2) is 8.66. The third-order valence-electron chi connectivity index (χ3n) is 4.04. The van der Waals surface area contributed by atoms with Gasteiger partial charge in [-0.3, -0.25) is 4.79 Å². The van der Waals surface area contributed by atoms with Gasteiger partial charge in [0.25, 0.3) is 0 Å². The van der Waals surface area contributed by atoms with Crippen LogP contribution in [-0.2, 0) is 4.79 Å². The lowest BCUT2D eigenvalue weighted by Gasteiger charge is -2.23. The van der Waals surface area contributed by atoms with Crippen LogP contribution in [-0.4, -0.2) is 42.7 Å². The number of benzene rings is 1. The highest BCUT2D eigenvalue weighted by Gasteiger charge is 2.22. The van der Waals surface area contributed by atoms with Gasteiger partial charge in [0.15, 0.2) is 0 Å². The van der Waals surface area contributed by atoms with E-state index in [0.29, 0.717) is 12.5 Å². The van der Waals surface area contributed by atoms with Crippen molar-refractivity contribution in [2.24, 2.45) is 0 Å². The van der Waals surface area contributed by atoms with Gasteiger partial charge in [-0.2, -0.15) is 0 Å². The first-order valence-electron chi connectivity index (χ1n) is 7.24. The third-order valence-corrected chi connectivity index (χ3v) is 5.03. The highest BCUT2D eigenvalue weighted by molar-refractivity contribution is 7.99. The SMILES string of the molecule is Cc1ccc(SCCC(=O)N(C)C2CCNC2)cc1C.Cl. The average molecular weight is 329 g/mol. The summed E-state index contributed by atoms with van der Waals surface area (Å²) in [5.74, 6) is 1.11. The molecular formula is C16H25ClN2OS. The molecule has 1 N–H and O–H groups in total. The van der Waals surface area contributed by atoms with Gasteiger partial charge in [0.1, 0.15) is 0 Å². The van der Waals surface area contributed by atoms with E-state index in [1.807, 2.05) is 11.9 Å².